The van der Waals surface area contributed by atoms with Crippen LogP contribution < -0.4 is 5.32 Å². The van der Waals surface area contributed by atoms with Crippen LogP contribution in [0.3, 0.4) is 0 Å². The number of hydrogen-bond donors (Lipinski definition) is 1. The van der Waals surface area contributed by atoms with Crippen LogP contribution in [-0.4, -0.2) is 44.4 Å². The van der Waals surface area contributed by atoms with Gasteiger partial charge in [0.05, 0.1) is 12.0 Å². The summed E-state index contributed by atoms with van der Waals surface area (Å²) < 4.78 is 28.6. The molecule has 1 aromatic heterocycles. The molecule has 0 aliphatic carbocycles. The van der Waals surface area contributed by atoms with Gasteiger partial charge in [-0.2, -0.15) is 0 Å². The van der Waals surface area contributed by atoms with Gasteiger partial charge in [0.1, 0.15) is 11.8 Å². The molecule has 1 heterocycles. The third kappa shape index (κ3) is 4.86. The van der Waals surface area contributed by atoms with E-state index in [4.69, 9.17) is 4.42 Å². The number of furan rings is 1. The summed E-state index contributed by atoms with van der Waals surface area (Å²) in [6, 6.07) is 12.2. The van der Waals surface area contributed by atoms with Crippen molar-refractivity contribution in [2.45, 2.75) is 13.0 Å². The topological polar surface area (TPSA) is 79.6 Å². The molecule has 0 aliphatic rings. The van der Waals surface area contributed by atoms with E-state index in [0.717, 1.165) is 5.56 Å². The number of carbonyl (C=O) groups excluding carboxylic acids is 1. The molecule has 1 unspecified atom stereocenters. The maximum absolute atomic E-state index is 12.4. The van der Waals surface area contributed by atoms with Gasteiger partial charge in [0.15, 0.2) is 9.84 Å². The van der Waals surface area contributed by atoms with E-state index in [1.807, 2.05) is 30.3 Å². The summed E-state index contributed by atoms with van der Waals surface area (Å²) in [6.07, 6.45) is 1.55. The molecule has 1 atom stereocenters. The lowest BCUT2D eigenvalue weighted by Gasteiger charge is -2.22. The minimum atomic E-state index is -3.11. The lowest BCUT2D eigenvalue weighted by molar-refractivity contribution is 0.207. The molecule has 130 valence electrons. The second-order valence-corrected chi connectivity index (χ2v) is 7.94. The molecular weight excluding hydrogens is 328 g/mol. The van der Waals surface area contributed by atoms with E-state index in [0.29, 0.717) is 5.76 Å². The zero-order valence-electron chi connectivity index (χ0n) is 13.8. The van der Waals surface area contributed by atoms with E-state index >= 15 is 0 Å². The van der Waals surface area contributed by atoms with Crippen molar-refractivity contribution in [3.63, 3.8) is 0 Å². The Bertz CT molecular complexity index is 742. The predicted molar refractivity (Wildman–Crippen MR) is 92.5 cm³/mol. The summed E-state index contributed by atoms with van der Waals surface area (Å²) in [4.78, 5) is 13.8. The number of sulfone groups is 1. The molecule has 0 fully saturated rings. The lowest BCUT2D eigenvalue weighted by Crippen LogP contribution is -2.41. The Balaban J connectivity index is 2.08. The van der Waals surface area contributed by atoms with Gasteiger partial charge in [-0.1, -0.05) is 37.3 Å². The second-order valence-electron chi connectivity index (χ2n) is 5.47. The van der Waals surface area contributed by atoms with Crippen LogP contribution in [0.1, 0.15) is 24.3 Å². The number of rotatable bonds is 7. The van der Waals surface area contributed by atoms with E-state index < -0.39 is 15.9 Å². The first-order valence-electron chi connectivity index (χ1n) is 7.73. The zero-order chi connectivity index (χ0) is 17.6. The molecule has 0 aliphatic heterocycles. The van der Waals surface area contributed by atoms with E-state index in [1.165, 1.54) is 4.90 Å². The summed E-state index contributed by atoms with van der Waals surface area (Å²) in [5.41, 5.74) is 0.885. The first-order chi connectivity index (χ1) is 11.4. The average molecular weight is 350 g/mol. The summed E-state index contributed by atoms with van der Waals surface area (Å²) in [5, 5.41) is 2.89. The molecule has 1 N–H and O–H groups in total. The van der Waals surface area contributed by atoms with Gasteiger partial charge in [0.25, 0.3) is 0 Å². The fourth-order valence-electron chi connectivity index (χ4n) is 2.18. The van der Waals surface area contributed by atoms with Gasteiger partial charge in [-0.15, -0.1) is 0 Å². The third-order valence-electron chi connectivity index (χ3n) is 3.75. The van der Waals surface area contributed by atoms with E-state index in [9.17, 15) is 13.2 Å². The van der Waals surface area contributed by atoms with E-state index in [-0.39, 0.29) is 24.1 Å². The number of carbonyl (C=O) groups is 1. The summed E-state index contributed by atoms with van der Waals surface area (Å²) >= 11 is 0. The van der Waals surface area contributed by atoms with E-state index in [1.54, 1.807) is 32.4 Å². The van der Waals surface area contributed by atoms with Gasteiger partial charge in [-0.25, -0.2) is 13.2 Å². The monoisotopic (exact) mass is 350 g/mol. The Morgan fingerprint density at radius 3 is 2.50 bits per heavy atom. The summed E-state index contributed by atoms with van der Waals surface area (Å²) in [7, 11) is -1.54. The summed E-state index contributed by atoms with van der Waals surface area (Å²) in [6.45, 7) is 1.74. The highest BCUT2D eigenvalue weighted by atomic mass is 32.2. The minimum absolute atomic E-state index is 0.0514. The maximum Gasteiger partial charge on any atom is 0.318 e. The number of nitrogens with zero attached hydrogens (tertiary/aromatic N) is 1. The zero-order valence-corrected chi connectivity index (χ0v) is 14.6. The van der Waals surface area contributed by atoms with E-state index in [2.05, 4.69) is 5.32 Å². The molecule has 2 rings (SSSR count). The first kappa shape index (κ1) is 18.1. The van der Waals surface area contributed by atoms with Crippen molar-refractivity contribution in [3.8, 4) is 0 Å². The van der Waals surface area contributed by atoms with Gasteiger partial charge < -0.3 is 14.6 Å². The number of benzene rings is 1. The number of amides is 2. The average Bonchev–Trinajstić information content (AvgIpc) is 3.12. The number of hydrogen-bond acceptors (Lipinski definition) is 4. The van der Waals surface area contributed by atoms with Crippen LogP contribution in [0.5, 0.6) is 0 Å². The Hall–Kier alpha value is -2.28. The van der Waals surface area contributed by atoms with Crippen molar-refractivity contribution < 1.29 is 17.6 Å². The molecule has 24 heavy (non-hydrogen) atoms. The van der Waals surface area contributed by atoms with Crippen LogP contribution in [0, 0.1) is 0 Å². The van der Waals surface area contributed by atoms with Crippen LogP contribution in [0.15, 0.2) is 53.1 Å². The highest BCUT2D eigenvalue weighted by Gasteiger charge is 2.21. The van der Waals surface area contributed by atoms with Crippen LogP contribution in [0.4, 0.5) is 4.79 Å². The number of nitrogens with one attached hydrogen (secondary N) is 1. The smallest absolute Gasteiger partial charge is 0.318 e. The second kappa shape index (κ2) is 8.01. The quantitative estimate of drug-likeness (QED) is 0.832. The molecule has 0 spiro atoms. The fourth-order valence-corrected chi connectivity index (χ4v) is 3.02. The summed E-state index contributed by atoms with van der Waals surface area (Å²) in [5.74, 6) is 0.634. The minimum Gasteiger partial charge on any atom is -0.467 e. The largest absolute Gasteiger partial charge is 0.467 e. The Morgan fingerprint density at radius 1 is 1.21 bits per heavy atom. The van der Waals surface area contributed by atoms with Crippen molar-refractivity contribution in [2.75, 3.05) is 25.1 Å². The van der Waals surface area contributed by atoms with Crippen molar-refractivity contribution in [2.24, 2.45) is 0 Å². The van der Waals surface area contributed by atoms with Gasteiger partial charge in [-0.3, -0.25) is 0 Å². The van der Waals surface area contributed by atoms with Crippen LogP contribution >= 0.6 is 0 Å². The molecule has 7 heteroatoms. The predicted octanol–water partition coefficient (Wildman–Crippen LogP) is 2.45. The highest BCUT2D eigenvalue weighted by molar-refractivity contribution is 7.91. The van der Waals surface area contributed by atoms with Crippen LogP contribution in [0.2, 0.25) is 0 Å². The van der Waals surface area contributed by atoms with Crippen molar-refractivity contribution in [3.05, 3.63) is 60.1 Å². The molecule has 1 aromatic carbocycles. The van der Waals surface area contributed by atoms with Gasteiger partial charge in [0, 0.05) is 19.3 Å². The maximum atomic E-state index is 12.4. The Morgan fingerprint density at radius 2 is 1.92 bits per heavy atom. The molecule has 0 bridgehead atoms. The Labute approximate surface area is 142 Å². The van der Waals surface area contributed by atoms with Gasteiger partial charge in [0.2, 0.25) is 0 Å². The highest BCUT2D eigenvalue weighted by Crippen LogP contribution is 2.22. The lowest BCUT2D eigenvalue weighted by atomic mass is 10.0. The Kier molecular flexibility index (Phi) is 6.03. The molecule has 0 saturated heterocycles. The molecule has 2 amide bonds. The van der Waals surface area contributed by atoms with Gasteiger partial charge >= 0.3 is 6.03 Å². The van der Waals surface area contributed by atoms with Crippen LogP contribution in [-0.2, 0) is 9.84 Å². The normalized spacial score (nSPS) is 12.6. The first-order valence-corrected chi connectivity index (χ1v) is 9.55. The van der Waals surface area contributed by atoms with Crippen molar-refractivity contribution in [1.82, 2.24) is 10.2 Å². The molecule has 6 nitrogen and oxygen atoms in total. The van der Waals surface area contributed by atoms with Gasteiger partial charge in [-0.05, 0) is 17.7 Å². The van der Waals surface area contributed by atoms with Crippen LogP contribution in [0.25, 0.3) is 0 Å². The molecule has 0 saturated carbocycles. The number of urea groups is 1. The molecule has 0 radical (unpaired) electrons. The fraction of sp³-hybridized carbons (Fsp3) is 0.353. The molecular formula is C17H22N2O4S. The standard InChI is InChI=1S/C17H22N2O4S/c1-3-24(21,22)13-11-19(2)17(20)18-16(15-10-7-12-23-15)14-8-5-4-6-9-14/h4-10,12,16H,3,11,13H2,1-2H3,(H,18,20). The van der Waals surface area contributed by atoms with Crippen molar-refractivity contribution in [1.29, 1.82) is 0 Å². The van der Waals surface area contributed by atoms with Crippen molar-refractivity contribution >= 4 is 15.9 Å². The molecule has 2 aromatic rings. The SMILES string of the molecule is CCS(=O)(=O)CCN(C)C(=O)NC(c1ccccc1)c1ccco1. The third-order valence-corrected chi connectivity index (χ3v) is 5.44.